The smallest absolute Gasteiger partial charge is 0.303 e. The largest absolute Gasteiger partial charge is 0.481 e. The van der Waals surface area contributed by atoms with Gasteiger partial charge < -0.3 is 5.11 Å². The number of carboxylic acids is 1. The number of hydrogen-bond acceptors (Lipinski definition) is 3. The van der Waals surface area contributed by atoms with Gasteiger partial charge in [0.05, 0.1) is 0 Å². The summed E-state index contributed by atoms with van der Waals surface area (Å²) in [5.41, 5.74) is 1.41. The molecule has 0 atom stereocenters. The fourth-order valence-electron chi connectivity index (χ4n) is 2.65. The molecule has 1 aromatic rings. The summed E-state index contributed by atoms with van der Waals surface area (Å²) in [7, 11) is 0. The van der Waals surface area contributed by atoms with Crippen molar-refractivity contribution in [2.45, 2.75) is 57.6 Å². The van der Waals surface area contributed by atoms with E-state index in [-0.39, 0.29) is 11.5 Å². The van der Waals surface area contributed by atoms with E-state index >= 15 is 0 Å². The van der Waals surface area contributed by atoms with Crippen molar-refractivity contribution in [3.8, 4) is 0 Å². The summed E-state index contributed by atoms with van der Waals surface area (Å²) in [6, 6.07) is 10.5. The fraction of sp³-hybridized carbons (Fsp3) is 0.556. The van der Waals surface area contributed by atoms with Crippen LogP contribution in [0.3, 0.4) is 0 Å². The van der Waals surface area contributed by atoms with Crippen molar-refractivity contribution in [2.24, 2.45) is 5.92 Å². The van der Waals surface area contributed by atoms with Crippen LogP contribution >= 0.6 is 11.8 Å². The molecule has 3 nitrogen and oxygen atoms in total. The van der Waals surface area contributed by atoms with Crippen molar-refractivity contribution in [1.82, 2.24) is 0 Å². The number of aryl methyl sites for hydroxylation is 1. The third-order valence-corrected chi connectivity index (χ3v) is 4.98. The van der Waals surface area contributed by atoms with E-state index in [2.05, 4.69) is 31.2 Å². The van der Waals surface area contributed by atoms with Crippen LogP contribution in [0.4, 0.5) is 0 Å². The molecular formula is C18H26O3S. The highest BCUT2D eigenvalue weighted by Crippen LogP contribution is 2.33. The van der Waals surface area contributed by atoms with Gasteiger partial charge in [0, 0.05) is 18.6 Å². The molecule has 1 N–H and O–H groups in total. The molecule has 1 saturated carbocycles. The minimum atomic E-state index is -0.701. The van der Waals surface area contributed by atoms with E-state index in [1.165, 1.54) is 17.3 Å². The van der Waals surface area contributed by atoms with E-state index in [4.69, 9.17) is 5.11 Å². The van der Waals surface area contributed by atoms with Gasteiger partial charge in [0.25, 0.3) is 0 Å². The summed E-state index contributed by atoms with van der Waals surface area (Å²) in [6.45, 7) is 3.75. The second kappa shape index (κ2) is 10.4. The Labute approximate surface area is 137 Å². The van der Waals surface area contributed by atoms with Crippen molar-refractivity contribution < 1.29 is 14.7 Å². The van der Waals surface area contributed by atoms with Gasteiger partial charge in [-0.25, -0.2) is 0 Å². The van der Waals surface area contributed by atoms with Gasteiger partial charge >= 0.3 is 5.97 Å². The molecule has 1 aromatic carbocycles. The van der Waals surface area contributed by atoms with Gasteiger partial charge in [0.15, 0.2) is 5.12 Å². The summed E-state index contributed by atoms with van der Waals surface area (Å²) in [6.07, 6.45) is 5.32. The maximum absolute atomic E-state index is 10.8. The summed E-state index contributed by atoms with van der Waals surface area (Å²) in [5, 5.41) is 9.22. The van der Waals surface area contributed by atoms with Gasteiger partial charge in [-0.05, 0) is 43.6 Å². The molecule has 0 bridgehead atoms. The average Bonchev–Trinajstić information content (AvgIpc) is 2.50. The molecule has 0 aromatic heterocycles. The summed E-state index contributed by atoms with van der Waals surface area (Å²) in [5.74, 6) is -0.371. The zero-order chi connectivity index (χ0) is 16.4. The van der Waals surface area contributed by atoms with Crippen LogP contribution in [0.2, 0.25) is 0 Å². The van der Waals surface area contributed by atoms with Gasteiger partial charge in [0.2, 0.25) is 0 Å². The first-order valence-corrected chi connectivity index (χ1v) is 8.82. The highest BCUT2D eigenvalue weighted by atomic mass is 32.2. The van der Waals surface area contributed by atoms with E-state index < -0.39 is 5.97 Å². The molecule has 0 saturated heterocycles. The van der Waals surface area contributed by atoms with Crippen molar-refractivity contribution in [3.05, 3.63) is 35.9 Å². The van der Waals surface area contributed by atoms with Crippen LogP contribution < -0.4 is 0 Å². The quantitative estimate of drug-likeness (QED) is 0.883. The molecule has 0 aliphatic heterocycles. The van der Waals surface area contributed by atoms with E-state index in [9.17, 15) is 9.59 Å². The number of hydrogen-bond donors (Lipinski definition) is 1. The predicted molar refractivity (Wildman–Crippen MR) is 92.1 cm³/mol. The SMILES string of the molecule is CC(=O)SC1CCC(CC(=O)O)CC1.CCc1ccccc1. The monoisotopic (exact) mass is 322 g/mol. The number of rotatable bonds is 4. The van der Waals surface area contributed by atoms with Crippen LogP contribution in [0.5, 0.6) is 0 Å². The molecule has 0 radical (unpaired) electrons. The highest BCUT2D eigenvalue weighted by Gasteiger charge is 2.23. The van der Waals surface area contributed by atoms with Crippen molar-refractivity contribution in [3.63, 3.8) is 0 Å². The third-order valence-electron chi connectivity index (χ3n) is 3.84. The molecule has 0 unspecified atom stereocenters. The van der Waals surface area contributed by atoms with Gasteiger partial charge in [-0.15, -0.1) is 0 Å². The maximum Gasteiger partial charge on any atom is 0.303 e. The fourth-order valence-corrected chi connectivity index (χ4v) is 3.63. The maximum atomic E-state index is 10.8. The molecule has 0 heterocycles. The lowest BCUT2D eigenvalue weighted by Gasteiger charge is -2.26. The molecular weight excluding hydrogens is 296 g/mol. The number of thioether (sulfide) groups is 1. The molecule has 4 heteroatoms. The zero-order valence-electron chi connectivity index (χ0n) is 13.5. The first-order chi connectivity index (χ1) is 10.5. The summed E-state index contributed by atoms with van der Waals surface area (Å²) in [4.78, 5) is 21.3. The highest BCUT2D eigenvalue weighted by molar-refractivity contribution is 8.14. The molecule has 1 aliphatic carbocycles. The first kappa shape index (κ1) is 18.8. The Hall–Kier alpha value is -1.29. The lowest BCUT2D eigenvalue weighted by molar-refractivity contribution is -0.138. The molecule has 1 aliphatic rings. The minimum absolute atomic E-state index is 0.173. The Bertz CT molecular complexity index is 427. The number of carboxylic acid groups (broad SMARTS) is 1. The zero-order valence-corrected chi connectivity index (χ0v) is 14.3. The van der Waals surface area contributed by atoms with E-state index in [0.717, 1.165) is 32.1 Å². The normalized spacial score (nSPS) is 20.6. The Morgan fingerprint density at radius 1 is 1.14 bits per heavy atom. The molecule has 122 valence electrons. The van der Waals surface area contributed by atoms with Gasteiger partial charge in [-0.1, -0.05) is 49.0 Å². The Kier molecular flexibility index (Phi) is 8.90. The van der Waals surface area contributed by atoms with Crippen molar-refractivity contribution >= 4 is 22.8 Å². The second-order valence-electron chi connectivity index (χ2n) is 5.69. The van der Waals surface area contributed by atoms with Crippen molar-refractivity contribution in [2.75, 3.05) is 0 Å². The Morgan fingerprint density at radius 2 is 1.73 bits per heavy atom. The number of carbonyl (C=O) groups excluding carboxylic acids is 1. The van der Waals surface area contributed by atoms with Crippen molar-refractivity contribution in [1.29, 1.82) is 0 Å². The number of aliphatic carboxylic acids is 1. The van der Waals surface area contributed by atoms with Crippen LogP contribution in [0.25, 0.3) is 0 Å². The second-order valence-corrected chi connectivity index (χ2v) is 7.17. The summed E-state index contributed by atoms with van der Waals surface area (Å²) < 4.78 is 0. The molecule has 22 heavy (non-hydrogen) atoms. The van der Waals surface area contributed by atoms with E-state index in [0.29, 0.717) is 11.2 Å². The van der Waals surface area contributed by atoms with Crippen LogP contribution in [-0.4, -0.2) is 21.4 Å². The molecule has 0 spiro atoms. The summed E-state index contributed by atoms with van der Waals surface area (Å²) >= 11 is 1.41. The van der Waals surface area contributed by atoms with Gasteiger partial charge in [-0.3, -0.25) is 9.59 Å². The van der Waals surface area contributed by atoms with Crippen LogP contribution in [-0.2, 0) is 16.0 Å². The molecule has 2 rings (SSSR count). The molecule has 0 amide bonds. The Morgan fingerprint density at radius 3 is 2.14 bits per heavy atom. The van der Waals surface area contributed by atoms with Crippen LogP contribution in [0, 0.1) is 5.92 Å². The van der Waals surface area contributed by atoms with Crippen LogP contribution in [0.15, 0.2) is 30.3 Å². The first-order valence-electron chi connectivity index (χ1n) is 7.94. The number of carbonyl (C=O) groups is 2. The lowest BCUT2D eigenvalue weighted by atomic mass is 9.87. The standard InChI is InChI=1S/C10H16O3S.C8H10/c1-7(11)14-9-4-2-8(3-5-9)6-10(12)13;1-2-8-6-4-3-5-7-8/h8-9H,2-6H2,1H3,(H,12,13);3-7H,2H2,1H3. The predicted octanol–water partition coefficient (Wildman–Crippen LogP) is 4.55. The Balaban J connectivity index is 0.000000255. The lowest BCUT2D eigenvalue weighted by Crippen LogP contribution is -2.19. The average molecular weight is 322 g/mol. The van der Waals surface area contributed by atoms with E-state index in [1.807, 2.05) is 6.07 Å². The van der Waals surface area contributed by atoms with E-state index in [1.54, 1.807) is 6.92 Å². The third kappa shape index (κ3) is 8.23. The van der Waals surface area contributed by atoms with Gasteiger partial charge in [0.1, 0.15) is 0 Å². The van der Waals surface area contributed by atoms with Gasteiger partial charge in [-0.2, -0.15) is 0 Å². The van der Waals surface area contributed by atoms with Crippen LogP contribution in [0.1, 0.15) is 51.5 Å². The minimum Gasteiger partial charge on any atom is -0.481 e. The molecule has 1 fully saturated rings. The topological polar surface area (TPSA) is 54.4 Å². The number of benzene rings is 1.